The molecule has 1 fully saturated rings. The molecule has 1 amide bonds. The lowest BCUT2D eigenvalue weighted by molar-refractivity contribution is -0.120. The number of piperidine rings is 1. The number of benzene rings is 1. The van der Waals surface area contributed by atoms with Gasteiger partial charge >= 0.3 is 0 Å². The second-order valence-corrected chi connectivity index (χ2v) is 4.92. The van der Waals surface area contributed by atoms with E-state index in [2.05, 4.69) is 6.92 Å². The number of aliphatic hydroxyl groups excluding tert-OH is 1. The molecule has 1 aliphatic heterocycles. The molecule has 1 unspecified atom stereocenters. The first-order chi connectivity index (χ1) is 8.11. The number of rotatable bonds is 2. The highest BCUT2D eigenvalue weighted by atomic mass is 16.3. The molecule has 1 aromatic carbocycles. The van der Waals surface area contributed by atoms with Gasteiger partial charge in [-0.15, -0.1) is 0 Å². The Morgan fingerprint density at radius 1 is 1.47 bits per heavy atom. The fourth-order valence-corrected chi connectivity index (χ4v) is 2.36. The summed E-state index contributed by atoms with van der Waals surface area (Å²) in [5.74, 6) is 0.708. The van der Waals surface area contributed by atoms with E-state index in [1.807, 2.05) is 30.0 Å². The first-order valence-electron chi connectivity index (χ1n) is 6.12. The fraction of sp³-hybridized carbons (Fsp3) is 0.500. The number of aryl methyl sites for hydroxylation is 1. The van der Waals surface area contributed by atoms with Crippen molar-refractivity contribution in [1.29, 1.82) is 0 Å². The van der Waals surface area contributed by atoms with Crippen LogP contribution in [0, 0.1) is 12.8 Å². The number of hydrogen-bond acceptors (Lipinski definition) is 2. The zero-order valence-electron chi connectivity index (χ0n) is 10.4. The summed E-state index contributed by atoms with van der Waals surface area (Å²) < 4.78 is 0. The van der Waals surface area contributed by atoms with Gasteiger partial charge in [0.05, 0.1) is 6.61 Å². The molecule has 17 heavy (non-hydrogen) atoms. The Morgan fingerprint density at radius 3 is 2.82 bits per heavy atom. The SMILES string of the molecule is Cc1cc(CO)ccc1N1CCC(C)CC1=O. The van der Waals surface area contributed by atoms with Gasteiger partial charge in [-0.1, -0.05) is 19.1 Å². The van der Waals surface area contributed by atoms with E-state index < -0.39 is 0 Å². The third-order valence-corrected chi connectivity index (χ3v) is 3.40. The fourth-order valence-electron chi connectivity index (χ4n) is 2.36. The van der Waals surface area contributed by atoms with Crippen molar-refractivity contribution < 1.29 is 9.90 Å². The minimum Gasteiger partial charge on any atom is -0.392 e. The van der Waals surface area contributed by atoms with Gasteiger partial charge in [-0.2, -0.15) is 0 Å². The number of anilines is 1. The molecule has 3 nitrogen and oxygen atoms in total. The second kappa shape index (κ2) is 4.88. The molecule has 0 aromatic heterocycles. The summed E-state index contributed by atoms with van der Waals surface area (Å²) in [5, 5.41) is 9.07. The van der Waals surface area contributed by atoms with E-state index in [1.54, 1.807) is 0 Å². The third kappa shape index (κ3) is 2.50. The molecule has 1 N–H and O–H groups in total. The molecule has 0 spiro atoms. The summed E-state index contributed by atoms with van der Waals surface area (Å²) in [7, 11) is 0. The molecule has 0 bridgehead atoms. The largest absolute Gasteiger partial charge is 0.392 e. The Kier molecular flexibility index (Phi) is 3.48. The average molecular weight is 233 g/mol. The highest BCUT2D eigenvalue weighted by molar-refractivity contribution is 5.94. The molecular formula is C14H19NO2. The van der Waals surface area contributed by atoms with Gasteiger partial charge in [-0.3, -0.25) is 4.79 Å². The summed E-state index contributed by atoms with van der Waals surface area (Å²) in [4.78, 5) is 13.9. The van der Waals surface area contributed by atoms with Crippen molar-refractivity contribution in [2.75, 3.05) is 11.4 Å². The molecule has 0 saturated carbocycles. The van der Waals surface area contributed by atoms with Crippen LogP contribution >= 0.6 is 0 Å². The van der Waals surface area contributed by atoms with Gasteiger partial charge in [0.1, 0.15) is 0 Å². The average Bonchev–Trinajstić information content (AvgIpc) is 2.30. The number of carbonyl (C=O) groups excluding carboxylic acids is 1. The van der Waals surface area contributed by atoms with Crippen LogP contribution in [0.15, 0.2) is 18.2 Å². The first-order valence-corrected chi connectivity index (χ1v) is 6.12. The summed E-state index contributed by atoms with van der Waals surface area (Å²) in [6.45, 7) is 4.96. The van der Waals surface area contributed by atoms with Gasteiger partial charge in [0, 0.05) is 18.7 Å². The molecule has 1 atom stereocenters. The maximum Gasteiger partial charge on any atom is 0.227 e. The van der Waals surface area contributed by atoms with Crippen LogP contribution < -0.4 is 4.90 Å². The number of carbonyl (C=O) groups is 1. The predicted octanol–water partition coefficient (Wildman–Crippen LogP) is 2.25. The van der Waals surface area contributed by atoms with E-state index in [-0.39, 0.29) is 12.5 Å². The molecule has 1 aliphatic rings. The van der Waals surface area contributed by atoms with E-state index in [0.717, 1.165) is 29.8 Å². The van der Waals surface area contributed by atoms with Crippen molar-refractivity contribution >= 4 is 11.6 Å². The van der Waals surface area contributed by atoms with Crippen LogP contribution in [-0.2, 0) is 11.4 Å². The van der Waals surface area contributed by atoms with E-state index in [0.29, 0.717) is 12.3 Å². The Labute approximate surface area is 102 Å². The lowest BCUT2D eigenvalue weighted by Gasteiger charge is -2.31. The number of nitrogens with zero attached hydrogens (tertiary/aromatic N) is 1. The number of hydrogen-bond donors (Lipinski definition) is 1. The van der Waals surface area contributed by atoms with Crippen molar-refractivity contribution in [2.45, 2.75) is 33.3 Å². The van der Waals surface area contributed by atoms with Gasteiger partial charge in [-0.25, -0.2) is 0 Å². The Morgan fingerprint density at radius 2 is 2.24 bits per heavy atom. The zero-order chi connectivity index (χ0) is 12.4. The van der Waals surface area contributed by atoms with Gasteiger partial charge in [0.15, 0.2) is 0 Å². The topological polar surface area (TPSA) is 40.5 Å². The van der Waals surface area contributed by atoms with Crippen LogP contribution in [0.4, 0.5) is 5.69 Å². The lowest BCUT2D eigenvalue weighted by atomic mass is 9.97. The van der Waals surface area contributed by atoms with Crippen LogP contribution in [0.2, 0.25) is 0 Å². The van der Waals surface area contributed by atoms with E-state index in [9.17, 15) is 4.79 Å². The first kappa shape index (κ1) is 12.1. The highest BCUT2D eigenvalue weighted by Gasteiger charge is 2.24. The molecule has 92 valence electrons. The third-order valence-electron chi connectivity index (χ3n) is 3.40. The maximum absolute atomic E-state index is 12.0. The maximum atomic E-state index is 12.0. The molecule has 0 aliphatic carbocycles. The van der Waals surface area contributed by atoms with Gasteiger partial charge in [0.2, 0.25) is 5.91 Å². The monoisotopic (exact) mass is 233 g/mol. The van der Waals surface area contributed by atoms with Crippen LogP contribution in [-0.4, -0.2) is 17.6 Å². The van der Waals surface area contributed by atoms with E-state index in [4.69, 9.17) is 5.11 Å². The molecule has 0 radical (unpaired) electrons. The lowest BCUT2D eigenvalue weighted by Crippen LogP contribution is -2.38. The minimum atomic E-state index is 0.0477. The van der Waals surface area contributed by atoms with E-state index in [1.165, 1.54) is 0 Å². The van der Waals surface area contributed by atoms with Crippen molar-refractivity contribution in [1.82, 2.24) is 0 Å². The van der Waals surface area contributed by atoms with Crippen molar-refractivity contribution in [2.24, 2.45) is 5.92 Å². The molecule has 3 heteroatoms. The van der Waals surface area contributed by atoms with Crippen molar-refractivity contribution in [3.05, 3.63) is 29.3 Å². The molecule has 1 aromatic rings. The molecule has 1 saturated heterocycles. The number of aliphatic hydroxyl groups is 1. The molecule has 1 heterocycles. The van der Waals surface area contributed by atoms with E-state index >= 15 is 0 Å². The highest BCUT2D eigenvalue weighted by Crippen LogP contribution is 2.27. The standard InChI is InChI=1S/C14H19NO2/c1-10-5-6-15(14(17)7-10)13-4-3-12(9-16)8-11(13)2/h3-4,8,10,16H,5-7,9H2,1-2H3. The Bertz CT molecular complexity index is 428. The predicted molar refractivity (Wildman–Crippen MR) is 67.9 cm³/mol. The van der Waals surface area contributed by atoms with Gasteiger partial charge < -0.3 is 10.0 Å². The number of amides is 1. The van der Waals surface area contributed by atoms with Gasteiger partial charge in [-0.05, 0) is 36.5 Å². The quantitative estimate of drug-likeness (QED) is 0.851. The van der Waals surface area contributed by atoms with Crippen LogP contribution in [0.25, 0.3) is 0 Å². The van der Waals surface area contributed by atoms with Crippen LogP contribution in [0.5, 0.6) is 0 Å². The normalized spacial score (nSPS) is 20.8. The molecular weight excluding hydrogens is 214 g/mol. The Hall–Kier alpha value is -1.35. The smallest absolute Gasteiger partial charge is 0.227 e. The van der Waals surface area contributed by atoms with Crippen LogP contribution in [0.1, 0.15) is 30.9 Å². The Balaban J connectivity index is 2.25. The van der Waals surface area contributed by atoms with Crippen molar-refractivity contribution in [3.63, 3.8) is 0 Å². The zero-order valence-corrected chi connectivity index (χ0v) is 10.4. The summed E-state index contributed by atoms with van der Waals surface area (Å²) >= 11 is 0. The minimum absolute atomic E-state index is 0.0477. The van der Waals surface area contributed by atoms with Crippen LogP contribution in [0.3, 0.4) is 0 Å². The second-order valence-electron chi connectivity index (χ2n) is 4.92. The summed E-state index contributed by atoms with van der Waals surface area (Å²) in [5.41, 5.74) is 2.93. The summed E-state index contributed by atoms with van der Waals surface area (Å²) in [6.07, 6.45) is 1.70. The summed E-state index contributed by atoms with van der Waals surface area (Å²) in [6, 6.07) is 5.77. The molecule has 2 rings (SSSR count). The van der Waals surface area contributed by atoms with Crippen molar-refractivity contribution in [3.8, 4) is 0 Å². The van der Waals surface area contributed by atoms with Gasteiger partial charge in [0.25, 0.3) is 0 Å².